The molecular formula is C11H22N2O. The highest BCUT2D eigenvalue weighted by Gasteiger charge is 2.28. The van der Waals surface area contributed by atoms with Crippen LogP contribution in [-0.2, 0) is 4.79 Å². The van der Waals surface area contributed by atoms with Crippen molar-refractivity contribution in [1.29, 1.82) is 0 Å². The van der Waals surface area contributed by atoms with Crippen LogP contribution in [0.3, 0.4) is 0 Å². The zero-order valence-electron chi connectivity index (χ0n) is 9.25. The summed E-state index contributed by atoms with van der Waals surface area (Å²) in [6.07, 6.45) is 3.47. The lowest BCUT2D eigenvalue weighted by molar-refractivity contribution is -0.124. The van der Waals surface area contributed by atoms with Crippen molar-refractivity contribution in [2.75, 3.05) is 13.1 Å². The van der Waals surface area contributed by atoms with Crippen LogP contribution >= 0.6 is 0 Å². The fraction of sp³-hybridized carbons (Fsp3) is 0.909. The molecule has 1 amide bonds. The molecule has 3 N–H and O–H groups in total. The summed E-state index contributed by atoms with van der Waals surface area (Å²) >= 11 is 0. The predicted molar refractivity (Wildman–Crippen MR) is 57.7 cm³/mol. The fourth-order valence-electron chi connectivity index (χ4n) is 1.65. The van der Waals surface area contributed by atoms with Crippen LogP contribution in [-0.4, -0.2) is 19.0 Å². The summed E-state index contributed by atoms with van der Waals surface area (Å²) in [5.74, 6) is 1.72. The van der Waals surface area contributed by atoms with E-state index < -0.39 is 0 Å². The van der Waals surface area contributed by atoms with Crippen LogP contribution in [0.1, 0.15) is 33.1 Å². The molecule has 1 aliphatic carbocycles. The third kappa shape index (κ3) is 3.66. The Morgan fingerprint density at radius 2 is 2.14 bits per heavy atom. The van der Waals surface area contributed by atoms with E-state index in [1.807, 2.05) is 6.92 Å². The molecule has 0 bridgehead atoms. The highest BCUT2D eigenvalue weighted by Crippen LogP contribution is 2.36. The zero-order valence-corrected chi connectivity index (χ0v) is 9.25. The van der Waals surface area contributed by atoms with Crippen molar-refractivity contribution in [3.63, 3.8) is 0 Å². The van der Waals surface area contributed by atoms with E-state index in [0.29, 0.717) is 12.5 Å². The van der Waals surface area contributed by atoms with Crippen LogP contribution in [0.5, 0.6) is 0 Å². The van der Waals surface area contributed by atoms with Gasteiger partial charge in [0.05, 0.1) is 0 Å². The van der Waals surface area contributed by atoms with Gasteiger partial charge in [-0.05, 0) is 37.6 Å². The molecule has 1 fully saturated rings. The van der Waals surface area contributed by atoms with E-state index in [1.165, 1.54) is 12.8 Å². The predicted octanol–water partition coefficient (Wildman–Crippen LogP) is 1.13. The lowest BCUT2D eigenvalue weighted by Crippen LogP contribution is -2.34. The maximum Gasteiger partial charge on any atom is 0.222 e. The Labute approximate surface area is 86.4 Å². The van der Waals surface area contributed by atoms with Gasteiger partial charge < -0.3 is 11.1 Å². The van der Waals surface area contributed by atoms with Crippen molar-refractivity contribution < 1.29 is 4.79 Å². The topological polar surface area (TPSA) is 55.1 Å². The second-order valence-electron chi connectivity index (χ2n) is 4.54. The first kappa shape index (κ1) is 11.5. The number of carbonyl (C=O) groups is 1. The summed E-state index contributed by atoms with van der Waals surface area (Å²) in [7, 11) is 0. The maximum absolute atomic E-state index is 11.5. The summed E-state index contributed by atoms with van der Waals surface area (Å²) in [5, 5.41) is 2.99. The number of nitrogens with two attached hydrogens (primary N) is 1. The van der Waals surface area contributed by atoms with E-state index in [4.69, 9.17) is 5.73 Å². The third-order valence-corrected chi connectivity index (χ3v) is 3.07. The Balaban J connectivity index is 2.12. The normalized spacial score (nSPS) is 20.2. The van der Waals surface area contributed by atoms with Gasteiger partial charge in [0.15, 0.2) is 0 Å². The first-order valence-corrected chi connectivity index (χ1v) is 5.63. The first-order valence-electron chi connectivity index (χ1n) is 5.63. The summed E-state index contributed by atoms with van der Waals surface area (Å²) in [6, 6.07) is 0. The molecule has 0 aliphatic heterocycles. The third-order valence-electron chi connectivity index (χ3n) is 3.07. The van der Waals surface area contributed by atoms with E-state index in [2.05, 4.69) is 12.2 Å². The van der Waals surface area contributed by atoms with E-state index in [9.17, 15) is 4.79 Å². The van der Waals surface area contributed by atoms with E-state index in [1.54, 1.807) is 0 Å². The Hall–Kier alpha value is -0.570. The van der Waals surface area contributed by atoms with Crippen molar-refractivity contribution in [2.45, 2.75) is 33.1 Å². The lowest BCUT2D eigenvalue weighted by Gasteiger charge is -2.14. The van der Waals surface area contributed by atoms with Gasteiger partial charge in [0.25, 0.3) is 0 Å². The molecule has 0 saturated heterocycles. The molecule has 0 spiro atoms. The molecule has 1 saturated carbocycles. The standard InChI is InChI=1S/C11H22N2O/c1-8(5-6-12)11(14)13-7-9(2)10-3-4-10/h8-10H,3-7,12H2,1-2H3,(H,13,14). The summed E-state index contributed by atoms with van der Waals surface area (Å²) in [6.45, 7) is 5.57. The van der Waals surface area contributed by atoms with Crippen LogP contribution in [0, 0.1) is 17.8 Å². The number of hydrogen-bond donors (Lipinski definition) is 2. The average Bonchev–Trinajstić information content (AvgIpc) is 2.97. The van der Waals surface area contributed by atoms with Crippen LogP contribution in [0.15, 0.2) is 0 Å². The van der Waals surface area contributed by atoms with E-state index in [0.717, 1.165) is 18.9 Å². The number of amides is 1. The largest absolute Gasteiger partial charge is 0.356 e. The fourth-order valence-corrected chi connectivity index (χ4v) is 1.65. The van der Waals surface area contributed by atoms with Gasteiger partial charge >= 0.3 is 0 Å². The quantitative estimate of drug-likeness (QED) is 0.672. The van der Waals surface area contributed by atoms with Gasteiger partial charge in [-0.2, -0.15) is 0 Å². The molecule has 0 aromatic heterocycles. The minimum atomic E-state index is 0.0615. The number of nitrogens with one attached hydrogen (secondary N) is 1. The van der Waals surface area contributed by atoms with Crippen molar-refractivity contribution in [3.05, 3.63) is 0 Å². The molecular weight excluding hydrogens is 176 g/mol. The minimum Gasteiger partial charge on any atom is -0.356 e. The second-order valence-corrected chi connectivity index (χ2v) is 4.54. The molecule has 3 nitrogen and oxygen atoms in total. The van der Waals surface area contributed by atoms with Crippen molar-refractivity contribution in [2.24, 2.45) is 23.5 Å². The maximum atomic E-state index is 11.5. The molecule has 0 aromatic rings. The zero-order chi connectivity index (χ0) is 10.6. The van der Waals surface area contributed by atoms with Crippen LogP contribution in [0.25, 0.3) is 0 Å². The first-order chi connectivity index (χ1) is 6.65. The molecule has 3 heteroatoms. The smallest absolute Gasteiger partial charge is 0.222 e. The molecule has 2 unspecified atom stereocenters. The number of hydrogen-bond acceptors (Lipinski definition) is 2. The van der Waals surface area contributed by atoms with Gasteiger partial charge in [0.1, 0.15) is 0 Å². The monoisotopic (exact) mass is 198 g/mol. The van der Waals surface area contributed by atoms with Gasteiger partial charge in [-0.3, -0.25) is 4.79 Å². The Morgan fingerprint density at radius 3 is 2.64 bits per heavy atom. The molecule has 1 rings (SSSR count). The molecule has 14 heavy (non-hydrogen) atoms. The molecule has 82 valence electrons. The van der Waals surface area contributed by atoms with Crippen LogP contribution < -0.4 is 11.1 Å². The van der Waals surface area contributed by atoms with Crippen LogP contribution in [0.4, 0.5) is 0 Å². The highest BCUT2D eigenvalue weighted by atomic mass is 16.1. The van der Waals surface area contributed by atoms with Gasteiger partial charge in [0, 0.05) is 12.5 Å². The van der Waals surface area contributed by atoms with Crippen LogP contribution in [0.2, 0.25) is 0 Å². The van der Waals surface area contributed by atoms with E-state index >= 15 is 0 Å². The molecule has 0 radical (unpaired) electrons. The average molecular weight is 198 g/mol. The summed E-state index contributed by atoms with van der Waals surface area (Å²) < 4.78 is 0. The Bertz CT molecular complexity index is 190. The van der Waals surface area contributed by atoms with E-state index in [-0.39, 0.29) is 11.8 Å². The number of carbonyl (C=O) groups excluding carboxylic acids is 1. The molecule has 2 atom stereocenters. The minimum absolute atomic E-state index is 0.0615. The Kier molecular flexibility index (Phi) is 4.39. The SMILES string of the molecule is CC(CCN)C(=O)NCC(C)C1CC1. The van der Waals surface area contributed by atoms with Crippen molar-refractivity contribution >= 4 is 5.91 Å². The highest BCUT2D eigenvalue weighted by molar-refractivity contribution is 5.78. The number of rotatable bonds is 6. The van der Waals surface area contributed by atoms with Crippen molar-refractivity contribution in [3.8, 4) is 0 Å². The van der Waals surface area contributed by atoms with Crippen molar-refractivity contribution in [1.82, 2.24) is 5.32 Å². The van der Waals surface area contributed by atoms with Gasteiger partial charge in [-0.15, -0.1) is 0 Å². The molecule has 0 aromatic carbocycles. The lowest BCUT2D eigenvalue weighted by atomic mass is 10.0. The van der Waals surface area contributed by atoms with Gasteiger partial charge in [-0.25, -0.2) is 0 Å². The van der Waals surface area contributed by atoms with Gasteiger partial charge in [-0.1, -0.05) is 13.8 Å². The molecule has 1 aliphatic rings. The summed E-state index contributed by atoms with van der Waals surface area (Å²) in [4.78, 5) is 11.5. The Morgan fingerprint density at radius 1 is 1.50 bits per heavy atom. The summed E-state index contributed by atoms with van der Waals surface area (Å²) in [5.41, 5.74) is 5.40. The molecule has 0 heterocycles. The van der Waals surface area contributed by atoms with Gasteiger partial charge in [0.2, 0.25) is 5.91 Å². The second kappa shape index (κ2) is 5.35.